The number of nitrogens with zero attached hydrogens (tertiary/aromatic N) is 4. The maximum atomic E-state index is 13.0. The van der Waals surface area contributed by atoms with Crippen molar-refractivity contribution in [1.29, 1.82) is 0 Å². The Labute approximate surface area is 201 Å². The molecule has 0 radical (unpaired) electrons. The Morgan fingerprint density at radius 3 is 2.88 bits per heavy atom. The van der Waals surface area contributed by atoms with Crippen molar-refractivity contribution in [3.63, 3.8) is 0 Å². The fourth-order valence-electron chi connectivity index (χ4n) is 4.78. The molecule has 1 N–H and O–H groups in total. The number of aromatic nitrogens is 3. The average Bonchev–Trinajstić information content (AvgIpc) is 3.32. The summed E-state index contributed by atoms with van der Waals surface area (Å²) in [6, 6.07) is 5.56. The highest BCUT2D eigenvalue weighted by Gasteiger charge is 2.28. The molecule has 1 atom stereocenters. The summed E-state index contributed by atoms with van der Waals surface area (Å²) in [4.78, 5) is 33.4. The van der Waals surface area contributed by atoms with Crippen LogP contribution in [-0.2, 0) is 24.2 Å². The predicted molar refractivity (Wildman–Crippen MR) is 130 cm³/mol. The molecule has 3 aromatic rings. The number of ether oxygens (including phenoxy) is 2. The second kappa shape index (κ2) is 9.61. The molecule has 3 heterocycles. The van der Waals surface area contributed by atoms with Crippen LogP contribution < -0.4 is 25.2 Å². The Kier molecular flexibility index (Phi) is 6.40. The highest BCUT2D eigenvalue weighted by molar-refractivity contribution is 7.20. The zero-order valence-electron chi connectivity index (χ0n) is 19.5. The molecular formula is C24H29N5O4S. The van der Waals surface area contributed by atoms with Gasteiger partial charge in [0, 0.05) is 36.8 Å². The zero-order valence-corrected chi connectivity index (χ0v) is 20.3. The van der Waals surface area contributed by atoms with E-state index in [9.17, 15) is 9.59 Å². The van der Waals surface area contributed by atoms with Gasteiger partial charge in [-0.1, -0.05) is 11.3 Å². The van der Waals surface area contributed by atoms with Crippen molar-refractivity contribution >= 4 is 27.3 Å². The van der Waals surface area contributed by atoms with Crippen molar-refractivity contribution in [3.8, 4) is 11.5 Å². The Morgan fingerprint density at radius 1 is 1.21 bits per heavy atom. The topological polar surface area (TPSA) is 98.1 Å². The summed E-state index contributed by atoms with van der Waals surface area (Å²) in [5, 5.41) is 8.40. The fraction of sp³-hybridized carbons (Fsp3) is 0.500. The number of benzene rings is 1. The summed E-state index contributed by atoms with van der Waals surface area (Å²) in [7, 11) is 3.21. The SMILES string of the molecule is COc1ccc(CNC(=O)[C@H]2CCCN(c3nn4c(=O)c5c(nc4s3)CCCC5)C2)c(OC)c1. The number of aryl methyl sites for hydroxylation is 1. The Bertz CT molecular complexity index is 1270. The van der Waals surface area contributed by atoms with E-state index >= 15 is 0 Å². The van der Waals surface area contributed by atoms with Crippen molar-refractivity contribution in [2.75, 3.05) is 32.2 Å². The maximum absolute atomic E-state index is 13.0. The summed E-state index contributed by atoms with van der Waals surface area (Å²) in [6.07, 6.45) is 5.45. The normalized spacial score (nSPS) is 17.9. The molecule has 180 valence electrons. The number of rotatable bonds is 6. The molecule has 0 spiro atoms. The predicted octanol–water partition coefficient (Wildman–Crippen LogP) is 2.58. The Hall–Kier alpha value is -3.14. The first kappa shape index (κ1) is 22.6. The van der Waals surface area contributed by atoms with Crippen LogP contribution in [0.3, 0.4) is 0 Å². The van der Waals surface area contributed by atoms with Crippen LogP contribution in [0.5, 0.6) is 11.5 Å². The monoisotopic (exact) mass is 483 g/mol. The third kappa shape index (κ3) is 4.34. The molecule has 1 saturated heterocycles. The molecule has 2 aromatic heterocycles. The summed E-state index contributed by atoms with van der Waals surface area (Å²) in [5.41, 5.74) is 2.59. The number of amides is 1. The van der Waals surface area contributed by atoms with Crippen LogP contribution in [0.4, 0.5) is 5.13 Å². The molecule has 1 fully saturated rings. The quantitative estimate of drug-likeness (QED) is 0.575. The second-order valence-electron chi connectivity index (χ2n) is 8.81. The molecule has 10 heteroatoms. The number of fused-ring (bicyclic) bond motifs is 2. The van der Waals surface area contributed by atoms with E-state index in [-0.39, 0.29) is 17.4 Å². The van der Waals surface area contributed by atoms with Gasteiger partial charge >= 0.3 is 0 Å². The molecule has 0 unspecified atom stereocenters. The molecule has 34 heavy (non-hydrogen) atoms. The molecule has 1 aliphatic heterocycles. The number of methoxy groups -OCH3 is 2. The van der Waals surface area contributed by atoms with Crippen LogP contribution in [0.15, 0.2) is 23.0 Å². The third-order valence-electron chi connectivity index (χ3n) is 6.68. The summed E-state index contributed by atoms with van der Waals surface area (Å²) >= 11 is 1.43. The van der Waals surface area contributed by atoms with Crippen LogP contribution in [0.25, 0.3) is 4.96 Å². The zero-order chi connectivity index (χ0) is 23.7. The minimum atomic E-state index is -0.150. The smallest absolute Gasteiger partial charge is 0.278 e. The maximum Gasteiger partial charge on any atom is 0.278 e. The minimum absolute atomic E-state index is 0.00874. The molecule has 1 aliphatic carbocycles. The van der Waals surface area contributed by atoms with Crippen LogP contribution in [0.2, 0.25) is 0 Å². The summed E-state index contributed by atoms with van der Waals surface area (Å²) < 4.78 is 12.1. The first-order valence-corrected chi connectivity index (χ1v) is 12.5. The van der Waals surface area contributed by atoms with Crippen molar-refractivity contribution in [3.05, 3.63) is 45.4 Å². The Balaban J connectivity index is 1.28. The summed E-state index contributed by atoms with van der Waals surface area (Å²) in [6.45, 7) is 1.76. The van der Waals surface area contributed by atoms with Gasteiger partial charge in [-0.2, -0.15) is 4.52 Å². The van der Waals surface area contributed by atoms with Crippen molar-refractivity contribution in [1.82, 2.24) is 19.9 Å². The first-order chi connectivity index (χ1) is 16.6. The standard InChI is InChI=1S/C24H29N5O4S/c1-32-17-10-9-15(20(12-17)33-2)13-25-21(30)16-6-5-11-28(14-16)24-27-29-22(31)18-7-3-4-8-19(18)26-23(29)34-24/h9-10,12,16H,3-8,11,13-14H2,1-2H3,(H,25,30)/t16-/m0/s1. The van der Waals surface area contributed by atoms with E-state index in [0.717, 1.165) is 67.0 Å². The van der Waals surface area contributed by atoms with Gasteiger partial charge in [0.1, 0.15) is 11.5 Å². The molecule has 1 aromatic carbocycles. The van der Waals surface area contributed by atoms with Gasteiger partial charge in [-0.3, -0.25) is 9.59 Å². The van der Waals surface area contributed by atoms with Gasteiger partial charge < -0.3 is 19.7 Å². The average molecular weight is 484 g/mol. The molecule has 5 rings (SSSR count). The van der Waals surface area contributed by atoms with E-state index in [1.165, 1.54) is 15.9 Å². The molecule has 0 bridgehead atoms. The number of piperidine rings is 1. The summed E-state index contributed by atoms with van der Waals surface area (Å²) in [5.74, 6) is 1.25. The van der Waals surface area contributed by atoms with Gasteiger partial charge in [-0.05, 0) is 50.7 Å². The van der Waals surface area contributed by atoms with E-state index < -0.39 is 0 Å². The van der Waals surface area contributed by atoms with E-state index in [2.05, 4.69) is 15.3 Å². The first-order valence-electron chi connectivity index (χ1n) is 11.7. The molecule has 9 nitrogen and oxygen atoms in total. The van der Waals surface area contributed by atoms with E-state index in [0.29, 0.717) is 29.5 Å². The lowest BCUT2D eigenvalue weighted by atomic mass is 9.97. The van der Waals surface area contributed by atoms with Crippen LogP contribution in [0.1, 0.15) is 42.5 Å². The van der Waals surface area contributed by atoms with Crippen LogP contribution in [-0.4, -0.2) is 47.8 Å². The van der Waals surface area contributed by atoms with Crippen LogP contribution >= 0.6 is 11.3 Å². The lowest BCUT2D eigenvalue weighted by molar-refractivity contribution is -0.125. The van der Waals surface area contributed by atoms with Crippen molar-refractivity contribution < 1.29 is 14.3 Å². The number of carbonyl (C=O) groups excluding carboxylic acids is 1. The lowest BCUT2D eigenvalue weighted by Crippen LogP contribution is -2.43. The minimum Gasteiger partial charge on any atom is -0.497 e. The number of anilines is 1. The van der Waals surface area contributed by atoms with E-state index in [1.807, 2.05) is 18.2 Å². The van der Waals surface area contributed by atoms with Gasteiger partial charge in [0.2, 0.25) is 16.0 Å². The molecule has 0 saturated carbocycles. The Morgan fingerprint density at radius 2 is 2.06 bits per heavy atom. The number of hydrogen-bond acceptors (Lipinski definition) is 8. The number of carbonyl (C=O) groups is 1. The van der Waals surface area contributed by atoms with Gasteiger partial charge in [0.15, 0.2) is 0 Å². The molecule has 1 amide bonds. The van der Waals surface area contributed by atoms with Crippen LogP contribution in [0, 0.1) is 5.92 Å². The molecular weight excluding hydrogens is 454 g/mol. The lowest BCUT2D eigenvalue weighted by Gasteiger charge is -2.31. The van der Waals surface area contributed by atoms with Crippen molar-refractivity contribution in [2.45, 2.75) is 45.1 Å². The van der Waals surface area contributed by atoms with Gasteiger partial charge in [-0.15, -0.1) is 5.10 Å². The number of nitrogens with one attached hydrogen (secondary N) is 1. The van der Waals surface area contributed by atoms with E-state index in [4.69, 9.17) is 14.5 Å². The van der Waals surface area contributed by atoms with Crippen molar-refractivity contribution in [2.24, 2.45) is 5.92 Å². The number of hydrogen-bond donors (Lipinski definition) is 1. The van der Waals surface area contributed by atoms with Gasteiger partial charge in [0.25, 0.3) is 5.56 Å². The van der Waals surface area contributed by atoms with Gasteiger partial charge in [-0.25, -0.2) is 4.98 Å². The van der Waals surface area contributed by atoms with E-state index in [1.54, 1.807) is 14.2 Å². The highest BCUT2D eigenvalue weighted by Crippen LogP contribution is 2.29. The third-order valence-corrected chi connectivity index (χ3v) is 7.65. The molecule has 2 aliphatic rings. The fourth-order valence-corrected chi connectivity index (χ4v) is 5.73. The highest BCUT2D eigenvalue weighted by atomic mass is 32.1. The van der Waals surface area contributed by atoms with Gasteiger partial charge in [0.05, 0.1) is 25.8 Å². The second-order valence-corrected chi connectivity index (χ2v) is 9.74. The largest absolute Gasteiger partial charge is 0.497 e.